The number of anilines is 1. The van der Waals surface area contributed by atoms with Crippen LogP contribution in [0.1, 0.15) is 10.4 Å². The van der Waals surface area contributed by atoms with Crippen molar-refractivity contribution in [2.75, 3.05) is 5.73 Å². The number of carbonyl (C=O) groups is 1. The first-order valence-corrected chi connectivity index (χ1v) is 6.80. The van der Waals surface area contributed by atoms with Crippen molar-refractivity contribution in [2.24, 2.45) is 5.73 Å². The fourth-order valence-electron chi connectivity index (χ4n) is 1.47. The van der Waals surface area contributed by atoms with E-state index in [-0.39, 0.29) is 0 Å². The zero-order chi connectivity index (χ0) is 13.1. The van der Waals surface area contributed by atoms with E-state index in [1.807, 2.05) is 30.3 Å². The molecular weight excluding hydrogens is 312 g/mol. The number of halogens is 1. The first-order valence-electron chi connectivity index (χ1n) is 5.19. The Labute approximate surface area is 118 Å². The third-order valence-corrected chi connectivity index (χ3v) is 4.37. The highest BCUT2D eigenvalue weighted by Gasteiger charge is 2.08. The van der Waals surface area contributed by atoms with Gasteiger partial charge < -0.3 is 11.5 Å². The van der Waals surface area contributed by atoms with Crippen molar-refractivity contribution < 1.29 is 4.79 Å². The Kier molecular flexibility index (Phi) is 3.93. The van der Waals surface area contributed by atoms with Gasteiger partial charge in [0.25, 0.3) is 5.91 Å². The Morgan fingerprint density at radius 2 is 1.89 bits per heavy atom. The molecule has 0 fully saturated rings. The van der Waals surface area contributed by atoms with Crippen LogP contribution in [0.25, 0.3) is 0 Å². The van der Waals surface area contributed by atoms with Crippen molar-refractivity contribution in [1.82, 2.24) is 0 Å². The minimum Gasteiger partial charge on any atom is -0.398 e. The molecule has 92 valence electrons. The zero-order valence-electron chi connectivity index (χ0n) is 9.39. The smallest absolute Gasteiger partial charge is 0.250 e. The van der Waals surface area contributed by atoms with Crippen LogP contribution in [0, 0.1) is 0 Å². The van der Waals surface area contributed by atoms with E-state index in [0.717, 1.165) is 14.3 Å². The molecular formula is C13H11BrN2OS. The molecule has 0 aromatic heterocycles. The predicted octanol–water partition coefficient (Wildman–Crippen LogP) is 3.28. The van der Waals surface area contributed by atoms with Crippen molar-refractivity contribution in [3.8, 4) is 0 Å². The topological polar surface area (TPSA) is 69.1 Å². The number of nitrogen functional groups attached to an aromatic ring is 1. The average molecular weight is 323 g/mol. The largest absolute Gasteiger partial charge is 0.398 e. The van der Waals surface area contributed by atoms with Gasteiger partial charge in [-0.15, -0.1) is 0 Å². The molecule has 0 atom stereocenters. The second-order valence-corrected chi connectivity index (χ2v) is 5.62. The highest BCUT2D eigenvalue weighted by molar-refractivity contribution is 9.10. The standard InChI is InChI=1S/C13H11BrN2OS/c14-10-3-1-2-4-12(10)18-8-5-6-11(15)9(7-8)13(16)17/h1-7H,15H2,(H2,16,17). The van der Waals surface area contributed by atoms with Crippen LogP contribution < -0.4 is 11.5 Å². The first kappa shape index (κ1) is 13.0. The van der Waals surface area contributed by atoms with Crippen molar-refractivity contribution >= 4 is 39.3 Å². The average Bonchev–Trinajstić information content (AvgIpc) is 2.34. The highest BCUT2D eigenvalue weighted by atomic mass is 79.9. The summed E-state index contributed by atoms with van der Waals surface area (Å²) in [6.45, 7) is 0. The summed E-state index contributed by atoms with van der Waals surface area (Å²) in [6.07, 6.45) is 0. The van der Waals surface area contributed by atoms with Gasteiger partial charge in [-0.2, -0.15) is 0 Å². The molecule has 0 saturated carbocycles. The molecule has 18 heavy (non-hydrogen) atoms. The van der Waals surface area contributed by atoms with E-state index < -0.39 is 5.91 Å². The van der Waals surface area contributed by atoms with Gasteiger partial charge in [-0.05, 0) is 46.3 Å². The number of amides is 1. The number of hydrogen-bond donors (Lipinski definition) is 2. The van der Waals surface area contributed by atoms with E-state index in [4.69, 9.17) is 11.5 Å². The van der Waals surface area contributed by atoms with Crippen LogP contribution in [0.15, 0.2) is 56.7 Å². The van der Waals surface area contributed by atoms with Crippen molar-refractivity contribution in [1.29, 1.82) is 0 Å². The monoisotopic (exact) mass is 322 g/mol. The van der Waals surface area contributed by atoms with Gasteiger partial charge in [-0.3, -0.25) is 4.79 Å². The van der Waals surface area contributed by atoms with Crippen LogP contribution in [-0.4, -0.2) is 5.91 Å². The molecule has 3 nitrogen and oxygen atoms in total. The molecule has 4 N–H and O–H groups in total. The van der Waals surface area contributed by atoms with Gasteiger partial charge in [0.2, 0.25) is 0 Å². The van der Waals surface area contributed by atoms with Crippen LogP contribution in [0.3, 0.4) is 0 Å². The lowest BCUT2D eigenvalue weighted by Crippen LogP contribution is -2.13. The lowest BCUT2D eigenvalue weighted by Gasteiger charge is -2.07. The van der Waals surface area contributed by atoms with E-state index in [2.05, 4.69) is 15.9 Å². The molecule has 0 aliphatic rings. The molecule has 0 spiro atoms. The van der Waals surface area contributed by atoms with Gasteiger partial charge >= 0.3 is 0 Å². The zero-order valence-corrected chi connectivity index (χ0v) is 11.8. The van der Waals surface area contributed by atoms with Gasteiger partial charge in [0.1, 0.15) is 0 Å². The van der Waals surface area contributed by atoms with Gasteiger partial charge in [0.05, 0.1) is 5.56 Å². The van der Waals surface area contributed by atoms with Crippen molar-refractivity contribution in [3.05, 3.63) is 52.5 Å². The molecule has 2 aromatic carbocycles. The van der Waals surface area contributed by atoms with Crippen LogP contribution in [0.2, 0.25) is 0 Å². The van der Waals surface area contributed by atoms with Gasteiger partial charge in [-0.25, -0.2) is 0 Å². The van der Waals surface area contributed by atoms with Crippen LogP contribution in [-0.2, 0) is 0 Å². The highest BCUT2D eigenvalue weighted by Crippen LogP contribution is 2.34. The summed E-state index contributed by atoms with van der Waals surface area (Å²) in [7, 11) is 0. The van der Waals surface area contributed by atoms with Crippen LogP contribution >= 0.6 is 27.7 Å². The third kappa shape index (κ3) is 2.86. The summed E-state index contributed by atoms with van der Waals surface area (Å²) in [5, 5.41) is 0. The Morgan fingerprint density at radius 3 is 2.56 bits per heavy atom. The number of carbonyl (C=O) groups excluding carboxylic acids is 1. The number of nitrogens with two attached hydrogens (primary N) is 2. The maximum Gasteiger partial charge on any atom is 0.250 e. The summed E-state index contributed by atoms with van der Waals surface area (Å²) in [5.41, 5.74) is 11.7. The lowest BCUT2D eigenvalue weighted by atomic mass is 10.2. The minimum atomic E-state index is -0.512. The van der Waals surface area contributed by atoms with E-state index in [1.165, 1.54) is 0 Å². The van der Waals surface area contributed by atoms with E-state index in [0.29, 0.717) is 11.3 Å². The molecule has 0 aliphatic heterocycles. The second-order valence-electron chi connectivity index (χ2n) is 3.65. The van der Waals surface area contributed by atoms with Gasteiger partial charge in [-0.1, -0.05) is 23.9 Å². The normalized spacial score (nSPS) is 10.3. The summed E-state index contributed by atoms with van der Waals surface area (Å²) < 4.78 is 1.01. The molecule has 5 heteroatoms. The van der Waals surface area contributed by atoms with Crippen LogP contribution in [0.4, 0.5) is 5.69 Å². The molecule has 0 bridgehead atoms. The molecule has 0 radical (unpaired) electrons. The second kappa shape index (κ2) is 5.46. The number of hydrogen-bond acceptors (Lipinski definition) is 3. The fourth-order valence-corrected chi connectivity index (χ4v) is 2.87. The Morgan fingerprint density at radius 1 is 1.17 bits per heavy atom. The SMILES string of the molecule is NC(=O)c1cc(Sc2ccccc2Br)ccc1N. The number of benzene rings is 2. The maximum atomic E-state index is 11.2. The quantitative estimate of drug-likeness (QED) is 0.852. The van der Waals surface area contributed by atoms with Crippen molar-refractivity contribution in [3.63, 3.8) is 0 Å². The van der Waals surface area contributed by atoms with Gasteiger partial charge in [0.15, 0.2) is 0 Å². The summed E-state index contributed by atoms with van der Waals surface area (Å²) in [6, 6.07) is 13.1. The molecule has 2 aromatic rings. The molecule has 0 aliphatic carbocycles. The summed E-state index contributed by atoms with van der Waals surface area (Å²) in [4.78, 5) is 13.2. The summed E-state index contributed by atoms with van der Waals surface area (Å²) >= 11 is 5.02. The minimum absolute atomic E-state index is 0.354. The van der Waals surface area contributed by atoms with E-state index in [1.54, 1.807) is 23.9 Å². The summed E-state index contributed by atoms with van der Waals surface area (Å²) in [5.74, 6) is -0.512. The predicted molar refractivity (Wildman–Crippen MR) is 77.6 cm³/mol. The Bertz CT molecular complexity index is 601. The molecule has 0 unspecified atom stereocenters. The third-order valence-electron chi connectivity index (χ3n) is 2.35. The van der Waals surface area contributed by atoms with E-state index >= 15 is 0 Å². The Hall–Kier alpha value is -1.46. The Balaban J connectivity index is 2.33. The maximum absolute atomic E-state index is 11.2. The number of rotatable bonds is 3. The van der Waals surface area contributed by atoms with E-state index in [9.17, 15) is 4.79 Å². The first-order chi connectivity index (χ1) is 8.58. The molecule has 0 heterocycles. The molecule has 0 saturated heterocycles. The molecule has 2 rings (SSSR count). The number of primary amides is 1. The van der Waals surface area contributed by atoms with Gasteiger partial charge in [0, 0.05) is 20.0 Å². The fraction of sp³-hybridized carbons (Fsp3) is 0. The van der Waals surface area contributed by atoms with Crippen LogP contribution in [0.5, 0.6) is 0 Å². The molecule has 1 amide bonds. The lowest BCUT2D eigenvalue weighted by molar-refractivity contribution is 0.100. The van der Waals surface area contributed by atoms with Crippen molar-refractivity contribution in [2.45, 2.75) is 9.79 Å².